The van der Waals surface area contributed by atoms with Crippen LogP contribution in [0.5, 0.6) is 0 Å². The molecule has 0 spiro atoms. The molecule has 0 saturated heterocycles. The summed E-state index contributed by atoms with van der Waals surface area (Å²) >= 11 is 3.15. The number of amides is 1. The standard InChI is InChI=1S/C10H8NOSe2/c12-9-6-8(14-10(13)11-9)7-4-2-1-3-5-7/h1-5,8H,6H2. The zero-order valence-corrected chi connectivity index (χ0v) is 10.8. The van der Waals surface area contributed by atoms with Crippen molar-refractivity contribution >= 4 is 40.4 Å². The summed E-state index contributed by atoms with van der Waals surface area (Å²) in [5.74, 6) is 0.000674. The normalized spacial score (nSPS) is 21.9. The first-order valence-corrected chi connectivity index (χ1v) is 6.96. The van der Waals surface area contributed by atoms with Gasteiger partial charge >= 0.3 is 97.3 Å². The summed E-state index contributed by atoms with van der Waals surface area (Å²) < 4.78 is 0.891. The van der Waals surface area contributed by atoms with Crippen molar-refractivity contribution in [3.05, 3.63) is 35.9 Å². The van der Waals surface area contributed by atoms with Crippen molar-refractivity contribution in [1.82, 2.24) is 0 Å². The van der Waals surface area contributed by atoms with Crippen molar-refractivity contribution < 1.29 is 4.79 Å². The van der Waals surface area contributed by atoms with Crippen LogP contribution in [0.3, 0.4) is 0 Å². The molecule has 4 heteroatoms. The van der Waals surface area contributed by atoms with Crippen molar-refractivity contribution in [2.24, 2.45) is 4.99 Å². The van der Waals surface area contributed by atoms with E-state index < -0.39 is 0 Å². The Balaban J connectivity index is 2.22. The first kappa shape index (κ1) is 10.1. The molecule has 1 aromatic rings. The van der Waals surface area contributed by atoms with Gasteiger partial charge in [-0.05, 0) is 0 Å². The molecule has 0 aliphatic carbocycles. The van der Waals surface area contributed by atoms with Crippen molar-refractivity contribution in [2.45, 2.75) is 11.2 Å². The van der Waals surface area contributed by atoms with Crippen molar-refractivity contribution in [2.75, 3.05) is 0 Å². The third-order valence-corrected chi connectivity index (χ3v) is 5.36. The number of benzene rings is 1. The topological polar surface area (TPSA) is 29.4 Å². The minimum absolute atomic E-state index is 0.000674. The van der Waals surface area contributed by atoms with Crippen LogP contribution >= 0.6 is 0 Å². The summed E-state index contributed by atoms with van der Waals surface area (Å²) in [6, 6.07) is 10.2. The first-order chi connectivity index (χ1) is 6.75. The van der Waals surface area contributed by atoms with E-state index in [0.29, 0.717) is 11.2 Å². The zero-order chi connectivity index (χ0) is 9.97. The number of nitrogens with zero attached hydrogens (tertiary/aromatic N) is 1. The van der Waals surface area contributed by atoms with Gasteiger partial charge in [-0.25, -0.2) is 0 Å². The van der Waals surface area contributed by atoms with Crippen LogP contribution in [0.15, 0.2) is 35.3 Å². The molecule has 14 heavy (non-hydrogen) atoms. The molecular formula is C10H8NOSe2. The molecule has 1 radical (unpaired) electrons. The number of carbonyl (C=O) groups is 1. The van der Waals surface area contributed by atoms with Crippen LogP contribution in [-0.4, -0.2) is 40.4 Å². The predicted octanol–water partition coefficient (Wildman–Crippen LogP) is 0.887. The molecule has 71 valence electrons. The number of rotatable bonds is 1. The molecule has 1 unspecified atom stereocenters. The Morgan fingerprint density at radius 1 is 1.36 bits per heavy atom. The van der Waals surface area contributed by atoms with Crippen LogP contribution in [0.25, 0.3) is 0 Å². The van der Waals surface area contributed by atoms with E-state index >= 15 is 0 Å². The third kappa shape index (κ3) is 2.34. The van der Waals surface area contributed by atoms with Crippen LogP contribution in [-0.2, 0) is 4.79 Å². The Morgan fingerprint density at radius 2 is 2.07 bits per heavy atom. The second kappa shape index (κ2) is 4.41. The maximum atomic E-state index is 11.3. The Labute approximate surface area is 97.2 Å². The summed E-state index contributed by atoms with van der Waals surface area (Å²) in [6.45, 7) is 0. The van der Waals surface area contributed by atoms with E-state index in [9.17, 15) is 4.79 Å². The molecule has 0 aromatic heterocycles. The van der Waals surface area contributed by atoms with Crippen LogP contribution < -0.4 is 0 Å². The van der Waals surface area contributed by atoms with Crippen LogP contribution in [0.2, 0.25) is 0 Å². The Bertz CT molecular complexity index is 375. The molecular weight excluding hydrogens is 308 g/mol. The number of hydrogen-bond acceptors (Lipinski definition) is 1. The van der Waals surface area contributed by atoms with E-state index in [-0.39, 0.29) is 20.9 Å². The van der Waals surface area contributed by atoms with Gasteiger partial charge in [0, 0.05) is 0 Å². The van der Waals surface area contributed by atoms with Gasteiger partial charge < -0.3 is 0 Å². The third-order valence-electron chi connectivity index (χ3n) is 1.99. The molecule has 0 bridgehead atoms. The van der Waals surface area contributed by atoms with Gasteiger partial charge in [0.1, 0.15) is 0 Å². The molecule has 0 saturated carbocycles. The number of aliphatic imine (C=N–C) groups is 1. The summed E-state index contributed by atoms with van der Waals surface area (Å²) in [4.78, 5) is 15.5. The van der Waals surface area contributed by atoms with E-state index in [1.165, 1.54) is 5.56 Å². The second-order valence-corrected chi connectivity index (χ2v) is 7.61. The molecule has 0 N–H and O–H groups in total. The van der Waals surface area contributed by atoms with Crippen LogP contribution in [0.1, 0.15) is 16.8 Å². The molecule has 1 aliphatic rings. The molecule has 1 heterocycles. The van der Waals surface area contributed by atoms with E-state index in [1.54, 1.807) is 0 Å². The molecule has 2 nitrogen and oxygen atoms in total. The summed E-state index contributed by atoms with van der Waals surface area (Å²) in [7, 11) is 0. The van der Waals surface area contributed by atoms with E-state index in [0.717, 1.165) is 3.51 Å². The average Bonchev–Trinajstić information content (AvgIpc) is 2.18. The number of hydrogen-bond donors (Lipinski definition) is 0. The molecule has 1 aromatic carbocycles. The van der Waals surface area contributed by atoms with Crippen molar-refractivity contribution in [1.29, 1.82) is 0 Å². The molecule has 1 amide bonds. The van der Waals surface area contributed by atoms with Gasteiger partial charge in [-0.15, -0.1) is 0 Å². The predicted molar refractivity (Wildman–Crippen MR) is 57.8 cm³/mol. The molecule has 0 fully saturated rings. The molecule has 1 atom stereocenters. The SMILES string of the molecule is O=C1CC(c2ccccc2)[Se]C([Se])=N1. The minimum atomic E-state index is 0.000674. The van der Waals surface area contributed by atoms with Gasteiger partial charge in [0.2, 0.25) is 0 Å². The van der Waals surface area contributed by atoms with E-state index in [1.807, 2.05) is 18.2 Å². The zero-order valence-electron chi connectivity index (χ0n) is 7.34. The van der Waals surface area contributed by atoms with E-state index in [4.69, 9.17) is 0 Å². The van der Waals surface area contributed by atoms with Crippen LogP contribution in [0, 0.1) is 0 Å². The second-order valence-electron chi connectivity index (χ2n) is 2.99. The fourth-order valence-electron chi connectivity index (χ4n) is 1.35. The maximum absolute atomic E-state index is 11.3. The summed E-state index contributed by atoms with van der Waals surface area (Å²) in [5, 5.41) is 0. The van der Waals surface area contributed by atoms with Crippen LogP contribution in [0.4, 0.5) is 0 Å². The van der Waals surface area contributed by atoms with Crippen molar-refractivity contribution in [3.8, 4) is 0 Å². The average molecular weight is 316 g/mol. The van der Waals surface area contributed by atoms with E-state index in [2.05, 4.69) is 33.1 Å². The molecule has 2 rings (SSSR count). The van der Waals surface area contributed by atoms with Gasteiger partial charge in [0.05, 0.1) is 0 Å². The first-order valence-electron chi connectivity index (χ1n) is 4.26. The van der Waals surface area contributed by atoms with Gasteiger partial charge in [-0.2, -0.15) is 0 Å². The monoisotopic (exact) mass is 318 g/mol. The fraction of sp³-hybridized carbons (Fsp3) is 0.200. The van der Waals surface area contributed by atoms with Gasteiger partial charge in [-0.3, -0.25) is 0 Å². The fourth-order valence-corrected chi connectivity index (χ4v) is 4.75. The quantitative estimate of drug-likeness (QED) is 0.708. The van der Waals surface area contributed by atoms with Gasteiger partial charge in [0.15, 0.2) is 0 Å². The molecule has 1 aliphatic heterocycles. The Hall–Kier alpha value is -0.401. The Morgan fingerprint density at radius 3 is 2.71 bits per heavy atom. The summed E-state index contributed by atoms with van der Waals surface area (Å²) in [6.07, 6.45) is 0.565. The number of carbonyl (C=O) groups excluding carboxylic acids is 1. The Kier molecular flexibility index (Phi) is 3.19. The summed E-state index contributed by atoms with van der Waals surface area (Å²) in [5.41, 5.74) is 1.25. The van der Waals surface area contributed by atoms with Gasteiger partial charge in [0.25, 0.3) is 0 Å². The van der Waals surface area contributed by atoms with Gasteiger partial charge in [-0.1, -0.05) is 0 Å². The van der Waals surface area contributed by atoms with Crippen molar-refractivity contribution in [3.63, 3.8) is 0 Å².